The van der Waals surface area contributed by atoms with Crippen LogP contribution in [0.2, 0.25) is 5.28 Å². The van der Waals surface area contributed by atoms with Gasteiger partial charge in [-0.05, 0) is 0 Å². The Morgan fingerprint density at radius 1 is 1.00 bits per heavy atom. The summed E-state index contributed by atoms with van der Waals surface area (Å²) in [6.07, 6.45) is 5.57. The van der Waals surface area contributed by atoms with E-state index in [1.807, 2.05) is 0 Å². The van der Waals surface area contributed by atoms with Crippen LogP contribution in [0.3, 0.4) is 0 Å². The molecule has 0 fully saturated rings. The van der Waals surface area contributed by atoms with Gasteiger partial charge in [-0.25, -0.2) is 0 Å². The van der Waals surface area contributed by atoms with Gasteiger partial charge in [0.1, 0.15) is 16.3 Å². The molecule has 0 aliphatic heterocycles. The van der Waals surface area contributed by atoms with E-state index in [0.717, 1.165) is 0 Å². The Kier molecular flexibility index (Phi) is 31.6. The molecule has 0 aromatic carbocycles. The van der Waals surface area contributed by atoms with Crippen LogP contribution >= 0.6 is 48.0 Å². The van der Waals surface area contributed by atoms with Gasteiger partial charge in [-0.1, -0.05) is 32.6 Å². The Morgan fingerprint density at radius 2 is 1.56 bits per heavy atom. The van der Waals surface area contributed by atoms with Gasteiger partial charge in [0.05, 0.1) is 0 Å². The molecule has 0 spiro atoms. The maximum absolute atomic E-state index is 2.75. The molecule has 0 saturated heterocycles. The van der Waals surface area contributed by atoms with E-state index in [2.05, 4.69) is 23.2 Å². The molecule has 0 N–H and O–H groups in total. The van der Waals surface area contributed by atoms with Crippen LogP contribution < -0.4 is 0 Å². The largest absolute Gasteiger partial charge is 0.118 e. The van der Waals surface area contributed by atoms with E-state index < -0.39 is 0 Å². The third-order valence-corrected chi connectivity index (χ3v) is 1.47. The molecule has 0 aliphatic rings. The van der Waals surface area contributed by atoms with Gasteiger partial charge in [0, 0.05) is 0 Å². The zero-order valence-electron chi connectivity index (χ0n) is 5.93. The van der Waals surface area contributed by atoms with Crippen molar-refractivity contribution in [3.8, 4) is 0 Å². The van der Waals surface area contributed by atoms with Crippen molar-refractivity contribution in [2.45, 2.75) is 37.9 Å². The lowest BCUT2D eigenvalue weighted by Gasteiger charge is -1.91. The molecule has 0 unspecified atom stereocenters. The molecule has 0 aliphatic carbocycles. The Balaban J connectivity index is -0.000000180. The zero-order valence-corrected chi connectivity index (χ0v) is 11.7. The fourth-order valence-electron chi connectivity index (χ4n) is 0.571. The standard InChI is InChI=1S/C6H13.Al.2HI/c1-3-5-6-4-2;;;/h1,3-6H2,2H3;;2*1H. The summed E-state index contributed by atoms with van der Waals surface area (Å²) in [5.74, 6) is 0. The summed E-state index contributed by atoms with van der Waals surface area (Å²) >= 11 is 2.75. The van der Waals surface area contributed by atoms with Crippen molar-refractivity contribution in [2.24, 2.45) is 0 Å². The highest BCUT2D eigenvalue weighted by atomic mass is 127. The van der Waals surface area contributed by atoms with Crippen LogP contribution in [0.1, 0.15) is 32.6 Å². The fraction of sp³-hybridized carbons (Fsp3) is 1.00. The summed E-state index contributed by atoms with van der Waals surface area (Å²) in [5.41, 5.74) is 0. The van der Waals surface area contributed by atoms with Crippen LogP contribution in [-0.2, 0) is 0 Å². The van der Waals surface area contributed by atoms with Crippen LogP contribution in [0.25, 0.3) is 0 Å². The van der Waals surface area contributed by atoms with Crippen LogP contribution in [0, 0.1) is 0 Å². The lowest BCUT2D eigenvalue weighted by atomic mass is 10.2. The van der Waals surface area contributed by atoms with Crippen molar-refractivity contribution in [2.75, 3.05) is 0 Å². The minimum absolute atomic E-state index is 0. The van der Waals surface area contributed by atoms with Crippen LogP contribution in [-0.4, -0.2) is 16.3 Å². The summed E-state index contributed by atoms with van der Waals surface area (Å²) in [5, 5.41) is 1.28. The van der Waals surface area contributed by atoms with Crippen molar-refractivity contribution in [3.63, 3.8) is 0 Å². The first-order chi connectivity index (χ1) is 3.41. The Bertz CT molecular complexity index is 30.2. The van der Waals surface area contributed by atoms with Gasteiger partial charge in [-0.15, -0.1) is 53.2 Å². The second-order valence-corrected chi connectivity index (χ2v) is 2.43. The Morgan fingerprint density at radius 3 is 1.89 bits per heavy atom. The molecule has 0 saturated carbocycles. The second-order valence-electron chi connectivity index (χ2n) is 1.85. The number of unbranched alkanes of at least 4 members (excludes halogenated alkanes) is 3. The van der Waals surface area contributed by atoms with Gasteiger partial charge in [-0.2, -0.15) is 0 Å². The molecule has 9 heavy (non-hydrogen) atoms. The lowest BCUT2D eigenvalue weighted by molar-refractivity contribution is 0.701. The summed E-state index contributed by atoms with van der Waals surface area (Å²) in [4.78, 5) is 0. The normalized spacial score (nSPS) is 7.22. The van der Waals surface area contributed by atoms with E-state index in [1.54, 1.807) is 0 Å². The van der Waals surface area contributed by atoms with E-state index in [-0.39, 0.29) is 48.0 Å². The number of hydrogen-bond donors (Lipinski definition) is 0. The van der Waals surface area contributed by atoms with Crippen molar-refractivity contribution >= 4 is 64.2 Å². The molecular formula is C6H15AlI2. The van der Waals surface area contributed by atoms with Crippen LogP contribution in [0.4, 0.5) is 0 Å². The molecule has 2 radical (unpaired) electrons. The average Bonchev–Trinajstić information content (AvgIpc) is 1.69. The van der Waals surface area contributed by atoms with E-state index in [4.69, 9.17) is 0 Å². The van der Waals surface area contributed by atoms with Crippen molar-refractivity contribution < 1.29 is 0 Å². The van der Waals surface area contributed by atoms with Crippen molar-refractivity contribution in [1.29, 1.82) is 0 Å². The topological polar surface area (TPSA) is 0 Å². The lowest BCUT2D eigenvalue weighted by Crippen LogP contribution is -1.72. The molecule has 0 amide bonds. The molecule has 0 rings (SSSR count). The molecule has 0 nitrogen and oxygen atoms in total. The van der Waals surface area contributed by atoms with E-state index in [1.165, 1.54) is 31.0 Å². The minimum atomic E-state index is 0. The van der Waals surface area contributed by atoms with Crippen molar-refractivity contribution in [1.82, 2.24) is 0 Å². The highest BCUT2D eigenvalue weighted by molar-refractivity contribution is 14.0. The third-order valence-electron chi connectivity index (χ3n) is 1.06. The molecule has 0 aromatic rings. The SMILES string of the molecule is CCCCC[CH2][Al].I.I. The van der Waals surface area contributed by atoms with Gasteiger partial charge in [0.25, 0.3) is 0 Å². The zero-order chi connectivity index (χ0) is 5.54. The smallest absolute Gasteiger partial charge is 0.118 e. The molecule has 3 heteroatoms. The van der Waals surface area contributed by atoms with E-state index in [0.29, 0.717) is 0 Å². The first-order valence-electron chi connectivity index (χ1n) is 3.12. The van der Waals surface area contributed by atoms with E-state index in [9.17, 15) is 0 Å². The summed E-state index contributed by atoms with van der Waals surface area (Å²) in [6, 6.07) is 0. The Labute approximate surface area is 101 Å². The number of halogens is 2. The predicted octanol–water partition coefficient (Wildman–Crippen LogP) is 3.39. The molecular weight excluding hydrogens is 353 g/mol. The summed E-state index contributed by atoms with van der Waals surface area (Å²) < 4.78 is 0. The number of hydrogen-bond acceptors (Lipinski definition) is 0. The van der Waals surface area contributed by atoms with Gasteiger partial charge in [0.2, 0.25) is 0 Å². The molecule has 56 valence electrons. The minimum Gasteiger partial charge on any atom is -0.118 e. The molecule has 0 heterocycles. The fourth-order valence-corrected chi connectivity index (χ4v) is 0.860. The molecule has 0 aromatic heterocycles. The quantitative estimate of drug-likeness (QED) is 0.406. The van der Waals surface area contributed by atoms with Gasteiger partial charge < -0.3 is 0 Å². The van der Waals surface area contributed by atoms with Gasteiger partial charge in [0.15, 0.2) is 0 Å². The first kappa shape index (κ1) is 17.2. The van der Waals surface area contributed by atoms with Gasteiger partial charge >= 0.3 is 0 Å². The second kappa shape index (κ2) is 16.5. The highest BCUT2D eigenvalue weighted by Crippen LogP contribution is 1.99. The average molecular weight is 368 g/mol. The van der Waals surface area contributed by atoms with Crippen LogP contribution in [0.5, 0.6) is 0 Å². The monoisotopic (exact) mass is 368 g/mol. The Hall–Kier alpha value is 1.99. The summed E-state index contributed by atoms with van der Waals surface area (Å²) in [6.45, 7) is 2.24. The highest BCUT2D eigenvalue weighted by Gasteiger charge is 1.79. The molecule has 0 atom stereocenters. The summed E-state index contributed by atoms with van der Waals surface area (Å²) in [7, 11) is 0. The number of rotatable bonds is 4. The maximum Gasteiger partial charge on any atom is 0.118 e. The maximum atomic E-state index is 2.75. The first-order valence-corrected chi connectivity index (χ1v) is 3.93. The van der Waals surface area contributed by atoms with Crippen LogP contribution in [0.15, 0.2) is 0 Å². The van der Waals surface area contributed by atoms with E-state index >= 15 is 0 Å². The molecule has 0 bridgehead atoms. The predicted molar refractivity (Wildman–Crippen MR) is 65.5 cm³/mol. The van der Waals surface area contributed by atoms with Gasteiger partial charge in [-0.3, -0.25) is 0 Å². The third kappa shape index (κ3) is 17.8. The van der Waals surface area contributed by atoms with Crippen molar-refractivity contribution in [3.05, 3.63) is 0 Å².